The highest BCUT2D eigenvalue weighted by Gasteiger charge is 2.40. The fraction of sp³-hybridized carbons (Fsp3) is 0.353. The topological polar surface area (TPSA) is 59.5 Å². The Balaban J connectivity index is 1.69. The Hall–Kier alpha value is -2.21. The zero-order valence-electron chi connectivity index (χ0n) is 13.1. The minimum Gasteiger partial charge on any atom is -0.459 e. The molecule has 1 amide bonds. The number of rotatable bonds is 5. The smallest absolute Gasteiger partial charge is 0.309 e. The average molecular weight is 330 g/mol. The van der Waals surface area contributed by atoms with Gasteiger partial charge in [0.15, 0.2) is 5.13 Å². The summed E-state index contributed by atoms with van der Waals surface area (Å²) in [5.74, 6) is 0.213. The number of hydrogen-bond acceptors (Lipinski definition) is 5. The second-order valence-electron chi connectivity index (χ2n) is 5.74. The Labute approximate surface area is 138 Å². The van der Waals surface area contributed by atoms with Crippen LogP contribution < -0.4 is 4.90 Å². The van der Waals surface area contributed by atoms with Gasteiger partial charge in [0.1, 0.15) is 6.61 Å². The van der Waals surface area contributed by atoms with Crippen LogP contribution in [0, 0.1) is 11.8 Å². The molecular formula is C17H18N2O3S. The van der Waals surface area contributed by atoms with Crippen molar-refractivity contribution >= 4 is 34.0 Å². The number of hydrogen-bond donors (Lipinski definition) is 0. The molecule has 120 valence electrons. The lowest BCUT2D eigenvalue weighted by Gasteiger charge is -2.17. The van der Waals surface area contributed by atoms with Crippen molar-refractivity contribution in [1.82, 2.24) is 4.98 Å². The number of anilines is 2. The Morgan fingerprint density at radius 1 is 1.35 bits per heavy atom. The number of ether oxygens (including phenoxy) is 1. The van der Waals surface area contributed by atoms with Crippen molar-refractivity contribution < 1.29 is 14.3 Å². The monoisotopic (exact) mass is 330 g/mol. The van der Waals surface area contributed by atoms with E-state index in [0.717, 1.165) is 12.1 Å². The van der Waals surface area contributed by atoms with Gasteiger partial charge in [0.05, 0.1) is 17.3 Å². The third-order valence-corrected chi connectivity index (χ3v) is 4.71. The predicted octanol–water partition coefficient (Wildman–Crippen LogP) is 3.53. The zero-order valence-corrected chi connectivity index (χ0v) is 13.9. The highest BCUT2D eigenvalue weighted by Crippen LogP contribution is 2.38. The van der Waals surface area contributed by atoms with Crippen LogP contribution in [0.5, 0.6) is 0 Å². The van der Waals surface area contributed by atoms with Crippen molar-refractivity contribution in [2.75, 3.05) is 4.90 Å². The molecule has 1 heterocycles. The molecule has 0 aliphatic heterocycles. The van der Waals surface area contributed by atoms with E-state index in [1.54, 1.807) is 4.90 Å². The number of amides is 1. The minimum atomic E-state index is -0.154. The van der Waals surface area contributed by atoms with E-state index >= 15 is 0 Å². The molecule has 1 aromatic heterocycles. The van der Waals surface area contributed by atoms with Crippen molar-refractivity contribution in [2.24, 2.45) is 11.8 Å². The maximum Gasteiger partial charge on any atom is 0.309 e. The summed E-state index contributed by atoms with van der Waals surface area (Å²) in [4.78, 5) is 29.7. The van der Waals surface area contributed by atoms with Crippen molar-refractivity contribution in [3.63, 3.8) is 0 Å². The quantitative estimate of drug-likeness (QED) is 0.787. The highest BCUT2D eigenvalue weighted by molar-refractivity contribution is 7.14. The van der Waals surface area contributed by atoms with Gasteiger partial charge in [0, 0.05) is 12.3 Å². The first-order chi connectivity index (χ1) is 11.1. The lowest BCUT2D eigenvalue weighted by Crippen LogP contribution is -2.22. The molecule has 0 spiro atoms. The summed E-state index contributed by atoms with van der Waals surface area (Å²) in [6, 6.07) is 9.36. The lowest BCUT2D eigenvalue weighted by molar-refractivity contribution is -0.147. The second-order valence-corrected chi connectivity index (χ2v) is 6.58. The summed E-state index contributed by atoms with van der Waals surface area (Å²) in [7, 11) is 0. The van der Waals surface area contributed by atoms with E-state index in [2.05, 4.69) is 4.98 Å². The lowest BCUT2D eigenvalue weighted by atomic mass is 10.3. The van der Waals surface area contributed by atoms with Gasteiger partial charge in [-0.05, 0) is 24.5 Å². The summed E-state index contributed by atoms with van der Waals surface area (Å²) in [5.41, 5.74) is 1.43. The van der Waals surface area contributed by atoms with E-state index in [0.29, 0.717) is 16.7 Å². The van der Waals surface area contributed by atoms with E-state index in [1.807, 2.05) is 42.6 Å². The molecule has 1 saturated carbocycles. The number of carbonyl (C=O) groups excluding carboxylic acids is 2. The molecule has 5 nitrogen and oxygen atoms in total. The molecule has 1 aliphatic carbocycles. The Morgan fingerprint density at radius 2 is 2.04 bits per heavy atom. The van der Waals surface area contributed by atoms with Gasteiger partial charge >= 0.3 is 5.97 Å². The summed E-state index contributed by atoms with van der Waals surface area (Å²) in [6.45, 7) is 3.69. The molecule has 23 heavy (non-hydrogen) atoms. The summed E-state index contributed by atoms with van der Waals surface area (Å²) in [5, 5.41) is 2.40. The molecule has 6 heteroatoms. The summed E-state index contributed by atoms with van der Waals surface area (Å²) >= 11 is 1.36. The molecule has 1 fully saturated rings. The summed E-state index contributed by atoms with van der Waals surface area (Å²) in [6.07, 6.45) is 0.910. The van der Waals surface area contributed by atoms with Crippen molar-refractivity contribution in [2.45, 2.75) is 26.9 Å². The van der Waals surface area contributed by atoms with E-state index in [9.17, 15) is 9.59 Å². The van der Waals surface area contributed by atoms with E-state index in [4.69, 9.17) is 4.74 Å². The molecule has 3 rings (SSSR count). The van der Waals surface area contributed by atoms with Gasteiger partial charge in [-0.25, -0.2) is 4.98 Å². The standard InChI is InChI=1S/C17H18N2O3S/c1-11-8-15(11)16(21)22-9-13-10-23-17(18-13)19(12(2)20)14-6-4-3-5-7-14/h3-7,10-11,15H,8-9H2,1-2H3/t11-,15-/m0/s1. The second kappa shape index (κ2) is 6.50. The SMILES string of the molecule is CC(=O)N(c1ccccc1)c1nc(COC(=O)[C@H]2C[C@@H]2C)cs1. The molecule has 0 radical (unpaired) electrons. The largest absolute Gasteiger partial charge is 0.459 e. The van der Waals surface area contributed by atoms with E-state index < -0.39 is 0 Å². The number of para-hydroxylation sites is 1. The van der Waals surface area contributed by atoms with Gasteiger partial charge in [-0.15, -0.1) is 11.3 Å². The van der Waals surface area contributed by atoms with Crippen molar-refractivity contribution in [3.8, 4) is 0 Å². The normalized spacial score (nSPS) is 19.2. The van der Waals surface area contributed by atoms with Crippen LogP contribution in [-0.2, 0) is 20.9 Å². The van der Waals surface area contributed by atoms with Crippen LogP contribution in [0.15, 0.2) is 35.7 Å². The first-order valence-electron chi connectivity index (χ1n) is 7.53. The molecule has 0 saturated heterocycles. The molecule has 2 atom stereocenters. The Kier molecular flexibility index (Phi) is 4.43. The van der Waals surface area contributed by atoms with Crippen LogP contribution in [0.2, 0.25) is 0 Å². The number of esters is 1. The fourth-order valence-corrected chi connectivity index (χ4v) is 3.24. The van der Waals surface area contributed by atoms with Gasteiger partial charge in [-0.2, -0.15) is 0 Å². The molecular weight excluding hydrogens is 312 g/mol. The number of carbonyl (C=O) groups is 2. The average Bonchev–Trinajstić information content (AvgIpc) is 3.09. The number of benzene rings is 1. The van der Waals surface area contributed by atoms with Gasteiger partial charge in [-0.3, -0.25) is 14.5 Å². The van der Waals surface area contributed by atoms with Crippen molar-refractivity contribution in [3.05, 3.63) is 41.4 Å². The van der Waals surface area contributed by atoms with Crippen molar-refractivity contribution in [1.29, 1.82) is 0 Å². The zero-order chi connectivity index (χ0) is 16.4. The molecule has 1 aliphatic rings. The number of thiazole rings is 1. The van der Waals surface area contributed by atoms with Crippen LogP contribution in [0.3, 0.4) is 0 Å². The van der Waals surface area contributed by atoms with Crippen LogP contribution in [0.4, 0.5) is 10.8 Å². The fourth-order valence-electron chi connectivity index (χ4n) is 2.37. The molecule has 2 aromatic rings. The van der Waals surface area contributed by atoms with Gasteiger partial charge in [-0.1, -0.05) is 25.1 Å². The summed E-state index contributed by atoms with van der Waals surface area (Å²) < 4.78 is 5.28. The molecule has 0 bridgehead atoms. The van der Waals surface area contributed by atoms with Gasteiger partial charge in [0.25, 0.3) is 0 Å². The number of aromatic nitrogens is 1. The van der Waals surface area contributed by atoms with E-state index in [1.165, 1.54) is 18.3 Å². The third kappa shape index (κ3) is 3.59. The van der Waals surface area contributed by atoms with Crippen LogP contribution in [-0.4, -0.2) is 16.9 Å². The van der Waals surface area contributed by atoms with Gasteiger partial charge < -0.3 is 4.74 Å². The predicted molar refractivity (Wildman–Crippen MR) is 88.4 cm³/mol. The molecule has 1 aromatic carbocycles. The van der Waals surface area contributed by atoms with Gasteiger partial charge in [0.2, 0.25) is 5.91 Å². The number of nitrogens with zero attached hydrogens (tertiary/aromatic N) is 2. The Bertz CT molecular complexity index is 714. The highest BCUT2D eigenvalue weighted by atomic mass is 32.1. The van der Waals surface area contributed by atoms with E-state index in [-0.39, 0.29) is 24.4 Å². The molecule has 0 unspecified atom stereocenters. The maximum atomic E-state index is 12.0. The maximum absolute atomic E-state index is 12.0. The molecule has 0 N–H and O–H groups in total. The first-order valence-corrected chi connectivity index (χ1v) is 8.41. The van der Waals surface area contributed by atoms with Crippen LogP contribution in [0.25, 0.3) is 0 Å². The minimum absolute atomic E-state index is 0.0474. The first kappa shape index (κ1) is 15.7. The third-order valence-electron chi connectivity index (χ3n) is 3.83. The van der Waals surface area contributed by atoms with Crippen LogP contribution >= 0.6 is 11.3 Å². The van der Waals surface area contributed by atoms with Crippen LogP contribution in [0.1, 0.15) is 26.0 Å². The Morgan fingerprint density at radius 3 is 2.65 bits per heavy atom.